The van der Waals surface area contributed by atoms with Gasteiger partial charge in [-0.2, -0.15) is 0 Å². The Hall–Kier alpha value is -3.49. The van der Waals surface area contributed by atoms with Gasteiger partial charge in [-0.3, -0.25) is 14.9 Å². The summed E-state index contributed by atoms with van der Waals surface area (Å²) in [7, 11) is 0. The number of anilines is 1. The SMILES string of the molecule is Cc1cc(N2C(=O)NC(=O)/C(=C/c3cc(Cl)ccc3OCc3cccc(F)c3)C2=O)ccc1Br. The zero-order chi connectivity index (χ0) is 24.4. The number of carbonyl (C=O) groups is 3. The molecule has 4 rings (SSSR count). The number of amides is 4. The molecule has 3 aromatic carbocycles. The Morgan fingerprint density at radius 3 is 2.62 bits per heavy atom. The van der Waals surface area contributed by atoms with Gasteiger partial charge in [-0.15, -0.1) is 0 Å². The molecule has 1 N–H and O–H groups in total. The molecule has 0 spiro atoms. The van der Waals surface area contributed by atoms with E-state index in [1.807, 2.05) is 6.92 Å². The summed E-state index contributed by atoms with van der Waals surface area (Å²) in [5.74, 6) is -1.69. The fourth-order valence-electron chi connectivity index (χ4n) is 3.37. The van der Waals surface area contributed by atoms with Crippen molar-refractivity contribution >= 4 is 57.1 Å². The molecule has 0 aromatic heterocycles. The quantitative estimate of drug-likeness (QED) is 0.326. The number of imide groups is 2. The largest absolute Gasteiger partial charge is 0.488 e. The highest BCUT2D eigenvalue weighted by atomic mass is 79.9. The molecule has 0 unspecified atom stereocenters. The standard InChI is InChI=1S/C25H17BrClFN2O4/c1-14-9-19(6-7-21(14)26)30-24(32)20(23(31)29-25(30)33)12-16-11-17(27)5-8-22(16)34-13-15-3-2-4-18(28)10-15/h2-12H,13H2,1H3,(H,29,31,33)/b20-12-. The molecule has 6 nitrogen and oxygen atoms in total. The molecule has 1 aliphatic heterocycles. The molecule has 3 aromatic rings. The molecular formula is C25H17BrClFN2O4. The number of aryl methyl sites for hydroxylation is 1. The number of rotatable bonds is 5. The van der Waals surface area contributed by atoms with E-state index in [1.54, 1.807) is 42.5 Å². The molecule has 0 saturated carbocycles. The highest BCUT2D eigenvalue weighted by molar-refractivity contribution is 9.10. The van der Waals surface area contributed by atoms with Crippen LogP contribution in [0.3, 0.4) is 0 Å². The van der Waals surface area contributed by atoms with E-state index in [0.29, 0.717) is 27.6 Å². The fourth-order valence-corrected chi connectivity index (χ4v) is 3.79. The van der Waals surface area contributed by atoms with Gasteiger partial charge in [-0.05, 0) is 72.7 Å². The second-order valence-corrected chi connectivity index (χ2v) is 8.78. The number of nitrogens with zero attached hydrogens (tertiary/aromatic N) is 1. The van der Waals surface area contributed by atoms with Crippen LogP contribution in [0.1, 0.15) is 16.7 Å². The van der Waals surface area contributed by atoms with Gasteiger partial charge in [0.15, 0.2) is 0 Å². The summed E-state index contributed by atoms with van der Waals surface area (Å²) in [5.41, 5.74) is 1.81. The summed E-state index contributed by atoms with van der Waals surface area (Å²) < 4.78 is 20.1. The molecule has 0 bridgehead atoms. The van der Waals surface area contributed by atoms with Crippen LogP contribution in [-0.2, 0) is 16.2 Å². The smallest absolute Gasteiger partial charge is 0.335 e. The maximum atomic E-state index is 13.5. The van der Waals surface area contributed by atoms with Crippen LogP contribution in [0.15, 0.2) is 70.7 Å². The van der Waals surface area contributed by atoms with E-state index < -0.39 is 23.7 Å². The maximum absolute atomic E-state index is 13.5. The number of carbonyl (C=O) groups excluding carboxylic acids is 3. The van der Waals surface area contributed by atoms with Crippen molar-refractivity contribution in [3.63, 3.8) is 0 Å². The highest BCUT2D eigenvalue weighted by Gasteiger charge is 2.37. The first-order valence-corrected chi connectivity index (χ1v) is 11.2. The third-order valence-electron chi connectivity index (χ3n) is 5.06. The van der Waals surface area contributed by atoms with Crippen molar-refractivity contribution in [3.8, 4) is 5.75 Å². The van der Waals surface area contributed by atoms with Crippen LogP contribution in [-0.4, -0.2) is 17.8 Å². The van der Waals surface area contributed by atoms with Crippen LogP contribution >= 0.6 is 27.5 Å². The lowest BCUT2D eigenvalue weighted by Gasteiger charge is -2.27. The van der Waals surface area contributed by atoms with Crippen LogP contribution in [0, 0.1) is 12.7 Å². The molecule has 1 heterocycles. The average molecular weight is 544 g/mol. The van der Waals surface area contributed by atoms with Crippen LogP contribution in [0.2, 0.25) is 5.02 Å². The lowest BCUT2D eigenvalue weighted by Crippen LogP contribution is -2.54. The van der Waals surface area contributed by atoms with Gasteiger partial charge in [0.25, 0.3) is 11.8 Å². The number of halogens is 3. The molecule has 4 amide bonds. The second-order valence-electron chi connectivity index (χ2n) is 7.49. The Labute approximate surface area is 208 Å². The minimum absolute atomic E-state index is 0.0541. The molecule has 1 aliphatic rings. The molecule has 0 aliphatic carbocycles. The van der Waals surface area contributed by atoms with Gasteiger partial charge in [0, 0.05) is 15.1 Å². The Morgan fingerprint density at radius 2 is 1.88 bits per heavy atom. The molecule has 172 valence electrons. The monoisotopic (exact) mass is 542 g/mol. The number of hydrogen-bond acceptors (Lipinski definition) is 4. The molecule has 34 heavy (non-hydrogen) atoms. The van der Waals surface area contributed by atoms with Crippen LogP contribution in [0.25, 0.3) is 6.08 Å². The van der Waals surface area contributed by atoms with E-state index in [0.717, 1.165) is 14.9 Å². The minimum Gasteiger partial charge on any atom is -0.488 e. The second kappa shape index (κ2) is 9.79. The van der Waals surface area contributed by atoms with Crippen molar-refractivity contribution in [3.05, 3.63) is 98.2 Å². The topological polar surface area (TPSA) is 75.7 Å². The van der Waals surface area contributed by atoms with Crippen molar-refractivity contribution in [1.29, 1.82) is 0 Å². The predicted octanol–water partition coefficient (Wildman–Crippen LogP) is 5.80. The molecule has 1 fully saturated rings. The van der Waals surface area contributed by atoms with Gasteiger partial charge in [0.2, 0.25) is 0 Å². The Balaban J connectivity index is 1.68. The Bertz CT molecular complexity index is 1360. The first kappa shape index (κ1) is 23.7. The van der Waals surface area contributed by atoms with Crippen molar-refractivity contribution in [2.45, 2.75) is 13.5 Å². The number of hydrogen-bond donors (Lipinski definition) is 1. The third-order valence-corrected chi connectivity index (χ3v) is 6.18. The van der Waals surface area contributed by atoms with Crippen LogP contribution in [0.5, 0.6) is 5.75 Å². The molecule has 0 atom stereocenters. The number of benzene rings is 3. The number of ether oxygens (including phenoxy) is 1. The predicted molar refractivity (Wildman–Crippen MR) is 130 cm³/mol. The normalized spacial score (nSPS) is 15.0. The lowest BCUT2D eigenvalue weighted by atomic mass is 10.1. The van der Waals surface area contributed by atoms with Gasteiger partial charge < -0.3 is 4.74 Å². The Kier molecular flexibility index (Phi) is 6.81. The van der Waals surface area contributed by atoms with Crippen molar-refractivity contribution in [2.24, 2.45) is 0 Å². The van der Waals surface area contributed by atoms with E-state index >= 15 is 0 Å². The van der Waals surface area contributed by atoms with Crippen molar-refractivity contribution in [1.82, 2.24) is 5.32 Å². The van der Waals surface area contributed by atoms with Crippen molar-refractivity contribution in [2.75, 3.05) is 4.90 Å². The van der Waals surface area contributed by atoms with Gasteiger partial charge in [-0.1, -0.05) is 39.7 Å². The zero-order valence-corrected chi connectivity index (χ0v) is 20.1. The van der Waals surface area contributed by atoms with Gasteiger partial charge >= 0.3 is 6.03 Å². The number of nitrogens with one attached hydrogen (secondary N) is 1. The summed E-state index contributed by atoms with van der Waals surface area (Å²) in [6.07, 6.45) is 1.32. The highest BCUT2D eigenvalue weighted by Crippen LogP contribution is 2.30. The molecular weight excluding hydrogens is 527 g/mol. The average Bonchev–Trinajstić information content (AvgIpc) is 2.78. The fraction of sp³-hybridized carbons (Fsp3) is 0.0800. The summed E-state index contributed by atoms with van der Waals surface area (Å²) in [4.78, 5) is 39.1. The molecule has 0 radical (unpaired) electrons. The van der Waals surface area contributed by atoms with Crippen LogP contribution < -0.4 is 15.0 Å². The van der Waals surface area contributed by atoms with Gasteiger partial charge in [-0.25, -0.2) is 14.1 Å². The van der Waals surface area contributed by atoms with Gasteiger partial charge in [0.1, 0.15) is 23.7 Å². The van der Waals surface area contributed by atoms with Crippen molar-refractivity contribution < 1.29 is 23.5 Å². The summed E-state index contributed by atoms with van der Waals surface area (Å²) in [5, 5.41) is 2.54. The summed E-state index contributed by atoms with van der Waals surface area (Å²) in [6, 6.07) is 14.8. The minimum atomic E-state index is -0.845. The van der Waals surface area contributed by atoms with E-state index in [1.165, 1.54) is 24.3 Å². The van der Waals surface area contributed by atoms with E-state index in [9.17, 15) is 18.8 Å². The van der Waals surface area contributed by atoms with Crippen LogP contribution in [0.4, 0.5) is 14.9 Å². The number of urea groups is 1. The van der Waals surface area contributed by atoms with E-state index in [-0.39, 0.29) is 12.2 Å². The first-order valence-electron chi connectivity index (χ1n) is 10.1. The zero-order valence-electron chi connectivity index (χ0n) is 17.8. The first-order chi connectivity index (χ1) is 16.2. The molecule has 9 heteroatoms. The lowest BCUT2D eigenvalue weighted by molar-refractivity contribution is -0.122. The Morgan fingerprint density at radius 1 is 1.09 bits per heavy atom. The number of barbiturate groups is 1. The van der Waals surface area contributed by atoms with E-state index in [4.69, 9.17) is 16.3 Å². The third kappa shape index (κ3) is 5.03. The van der Waals surface area contributed by atoms with E-state index in [2.05, 4.69) is 21.2 Å². The molecule has 1 saturated heterocycles. The maximum Gasteiger partial charge on any atom is 0.335 e. The summed E-state index contributed by atoms with van der Waals surface area (Å²) >= 11 is 9.52. The summed E-state index contributed by atoms with van der Waals surface area (Å²) in [6.45, 7) is 1.87. The van der Waals surface area contributed by atoms with Gasteiger partial charge in [0.05, 0.1) is 5.69 Å².